The van der Waals surface area contributed by atoms with Gasteiger partial charge in [0, 0.05) is 13.1 Å². The number of hydrogen-bond acceptors (Lipinski definition) is 9. The molecule has 11 nitrogen and oxygen atoms in total. The molecule has 2 fully saturated rings. The van der Waals surface area contributed by atoms with Gasteiger partial charge in [0.1, 0.15) is 11.9 Å². The minimum Gasteiger partial charge on any atom is -0.478 e. The molecule has 172 valence electrons. The number of halogens is 1. The molecule has 5 rings (SSSR count). The maximum absolute atomic E-state index is 14.1. The molecule has 3 aromatic heterocycles. The third-order valence-electron chi connectivity index (χ3n) is 6.24. The van der Waals surface area contributed by atoms with Crippen molar-refractivity contribution in [2.45, 2.75) is 38.0 Å². The molecule has 0 saturated carbocycles. The molecule has 0 radical (unpaired) electrons. The summed E-state index contributed by atoms with van der Waals surface area (Å²) in [6.45, 7) is 4.53. The summed E-state index contributed by atoms with van der Waals surface area (Å²) in [4.78, 5) is 13.3. The summed E-state index contributed by atoms with van der Waals surface area (Å²) >= 11 is 0. The molecule has 5 heterocycles. The van der Waals surface area contributed by atoms with Crippen LogP contribution in [0.5, 0.6) is 5.88 Å². The molecule has 0 aliphatic carbocycles. The number of nitrogens with zero attached hydrogens (tertiary/aromatic N) is 8. The molecule has 0 bridgehead atoms. The zero-order valence-corrected chi connectivity index (χ0v) is 18.6. The number of hydrogen-bond donors (Lipinski definition) is 2. The summed E-state index contributed by atoms with van der Waals surface area (Å²) in [7, 11) is 3.70. The van der Waals surface area contributed by atoms with E-state index in [1.54, 1.807) is 22.7 Å². The van der Waals surface area contributed by atoms with Gasteiger partial charge in [0.25, 0.3) is 5.88 Å². The van der Waals surface area contributed by atoms with E-state index in [-0.39, 0.29) is 12.6 Å². The van der Waals surface area contributed by atoms with Gasteiger partial charge in [-0.3, -0.25) is 4.68 Å². The quantitative estimate of drug-likeness (QED) is 0.574. The topological polar surface area (TPSA) is 115 Å². The minimum absolute atomic E-state index is 0.165. The molecule has 0 unspecified atom stereocenters. The van der Waals surface area contributed by atoms with Crippen molar-refractivity contribution < 1.29 is 9.13 Å². The smallest absolute Gasteiger partial charge is 0.256 e. The van der Waals surface area contributed by atoms with E-state index in [1.807, 2.05) is 17.8 Å². The number of aromatic nitrogens is 6. The lowest BCUT2D eigenvalue weighted by molar-refractivity contribution is 0.333. The number of nitrogens with one attached hydrogen (secondary N) is 1. The monoisotopic (exact) mass is 444 g/mol. The molecule has 0 aromatic carbocycles. The van der Waals surface area contributed by atoms with Gasteiger partial charge in [-0.2, -0.15) is 4.98 Å². The number of likely N-dealkylation sites (tertiary alicyclic amines) is 1. The van der Waals surface area contributed by atoms with Crippen molar-refractivity contribution in [3.05, 3.63) is 18.1 Å². The van der Waals surface area contributed by atoms with E-state index in [0.717, 1.165) is 31.6 Å². The van der Waals surface area contributed by atoms with Crippen LogP contribution in [0, 0.1) is 0 Å². The highest BCUT2D eigenvalue weighted by Crippen LogP contribution is 2.31. The van der Waals surface area contributed by atoms with Crippen LogP contribution in [0.15, 0.2) is 12.4 Å². The summed E-state index contributed by atoms with van der Waals surface area (Å²) < 4.78 is 23.3. The highest BCUT2D eigenvalue weighted by molar-refractivity contribution is 5.73. The second kappa shape index (κ2) is 8.17. The maximum atomic E-state index is 14.1. The van der Waals surface area contributed by atoms with Crippen LogP contribution in [0.1, 0.15) is 25.1 Å². The first-order valence-corrected chi connectivity index (χ1v) is 10.9. The number of ether oxygens (including phenoxy) is 1. The summed E-state index contributed by atoms with van der Waals surface area (Å²) in [5, 5.41) is 12.6. The van der Waals surface area contributed by atoms with Crippen molar-refractivity contribution in [3.63, 3.8) is 0 Å². The average Bonchev–Trinajstić information content (AvgIpc) is 3.55. The SMILES string of the molecule is CCc1cnc2c(Nc3cn([C@@H]4CCN(C)C4)nc3OC)nc(N3C[C@@H](N)[C@H](F)C3)nn12. The molecule has 12 heteroatoms. The highest BCUT2D eigenvalue weighted by atomic mass is 19.1. The van der Waals surface area contributed by atoms with Crippen molar-refractivity contribution >= 4 is 23.1 Å². The molecule has 2 aliphatic heterocycles. The Bertz CT molecular complexity index is 1100. The first-order valence-electron chi connectivity index (χ1n) is 10.9. The Kier molecular flexibility index (Phi) is 5.33. The summed E-state index contributed by atoms with van der Waals surface area (Å²) in [5.41, 5.74) is 8.10. The van der Waals surface area contributed by atoms with E-state index in [9.17, 15) is 4.39 Å². The zero-order chi connectivity index (χ0) is 22.4. The molecule has 3 N–H and O–H groups in total. The van der Waals surface area contributed by atoms with E-state index >= 15 is 0 Å². The zero-order valence-electron chi connectivity index (χ0n) is 18.6. The first-order chi connectivity index (χ1) is 15.5. The Balaban J connectivity index is 1.52. The number of methoxy groups -OCH3 is 1. The van der Waals surface area contributed by atoms with Crippen LogP contribution in [-0.4, -0.2) is 86.8 Å². The van der Waals surface area contributed by atoms with Crippen LogP contribution in [0.4, 0.5) is 21.8 Å². The molecule has 0 amide bonds. The van der Waals surface area contributed by atoms with Gasteiger partial charge in [0.05, 0.1) is 43.8 Å². The minimum atomic E-state index is -1.11. The van der Waals surface area contributed by atoms with Crippen molar-refractivity contribution in [2.24, 2.45) is 5.73 Å². The second-order valence-corrected chi connectivity index (χ2v) is 8.55. The number of nitrogens with two attached hydrogens (primary N) is 1. The highest BCUT2D eigenvalue weighted by Gasteiger charge is 2.32. The van der Waals surface area contributed by atoms with Crippen LogP contribution in [0.2, 0.25) is 0 Å². The standard InChI is InChI=1S/C20H29FN10O/c1-4-12-7-23-18-17(25-20(27-31(12)18)29-9-14(21)15(22)10-29)24-16-11-30(26-19(16)32-3)13-5-6-28(2)8-13/h7,11,13-15H,4-6,8-10,22H2,1-3H3,(H,24,25,27)/t13-,14-,15-/m1/s1. The lowest BCUT2D eigenvalue weighted by Crippen LogP contribution is -2.30. The molecular formula is C20H29FN10O. The largest absolute Gasteiger partial charge is 0.478 e. The van der Waals surface area contributed by atoms with E-state index in [1.165, 1.54) is 0 Å². The van der Waals surface area contributed by atoms with Gasteiger partial charge < -0.3 is 25.6 Å². The van der Waals surface area contributed by atoms with E-state index in [0.29, 0.717) is 35.5 Å². The Morgan fingerprint density at radius 2 is 2.12 bits per heavy atom. The van der Waals surface area contributed by atoms with Gasteiger partial charge in [0.15, 0.2) is 11.5 Å². The Hall–Kier alpha value is -2.99. The molecule has 0 spiro atoms. The van der Waals surface area contributed by atoms with Gasteiger partial charge in [-0.1, -0.05) is 6.92 Å². The average molecular weight is 445 g/mol. The van der Waals surface area contributed by atoms with E-state index < -0.39 is 12.2 Å². The van der Waals surface area contributed by atoms with Crippen molar-refractivity contribution in [1.29, 1.82) is 0 Å². The van der Waals surface area contributed by atoms with Crippen molar-refractivity contribution in [1.82, 2.24) is 34.3 Å². The van der Waals surface area contributed by atoms with Gasteiger partial charge >= 0.3 is 0 Å². The normalized spacial score (nSPS) is 24.0. The fraction of sp³-hybridized carbons (Fsp3) is 0.600. The van der Waals surface area contributed by atoms with E-state index in [4.69, 9.17) is 10.5 Å². The maximum Gasteiger partial charge on any atom is 0.256 e. The summed E-state index contributed by atoms with van der Waals surface area (Å²) in [5.74, 6) is 1.39. The molecule has 3 atom stereocenters. The molecule has 2 saturated heterocycles. The summed E-state index contributed by atoms with van der Waals surface area (Å²) in [6, 6.07) is -0.266. The number of imidazole rings is 1. The van der Waals surface area contributed by atoms with Gasteiger partial charge in [0.2, 0.25) is 5.95 Å². The third kappa shape index (κ3) is 3.62. The third-order valence-corrected chi connectivity index (χ3v) is 6.24. The molecule has 32 heavy (non-hydrogen) atoms. The second-order valence-electron chi connectivity index (χ2n) is 8.55. The lowest BCUT2D eigenvalue weighted by Gasteiger charge is -2.17. The Morgan fingerprint density at radius 3 is 2.78 bits per heavy atom. The van der Waals surface area contributed by atoms with Crippen molar-refractivity contribution in [3.8, 4) is 5.88 Å². The fourth-order valence-corrected chi connectivity index (χ4v) is 4.38. The lowest BCUT2D eigenvalue weighted by atomic mass is 10.3. The molecule has 3 aromatic rings. The van der Waals surface area contributed by atoms with Crippen LogP contribution >= 0.6 is 0 Å². The number of likely N-dealkylation sites (N-methyl/N-ethyl adjacent to an activating group) is 1. The van der Waals surface area contributed by atoms with Gasteiger partial charge in [-0.15, -0.1) is 10.2 Å². The number of alkyl halides is 1. The predicted molar refractivity (Wildman–Crippen MR) is 118 cm³/mol. The van der Waals surface area contributed by atoms with Gasteiger partial charge in [-0.05, 0) is 26.4 Å². The molecular weight excluding hydrogens is 415 g/mol. The number of rotatable bonds is 6. The first kappa shape index (κ1) is 20.9. The molecule has 2 aliphatic rings. The predicted octanol–water partition coefficient (Wildman–Crippen LogP) is 0.997. The Morgan fingerprint density at radius 1 is 1.28 bits per heavy atom. The fourth-order valence-electron chi connectivity index (χ4n) is 4.38. The van der Waals surface area contributed by atoms with Crippen LogP contribution in [-0.2, 0) is 6.42 Å². The van der Waals surface area contributed by atoms with E-state index in [2.05, 4.69) is 37.4 Å². The Labute approximate surface area is 185 Å². The van der Waals surface area contributed by atoms with Crippen molar-refractivity contribution in [2.75, 3.05) is 50.6 Å². The summed E-state index contributed by atoms with van der Waals surface area (Å²) in [6.07, 6.45) is 4.39. The van der Waals surface area contributed by atoms with Crippen LogP contribution in [0.25, 0.3) is 5.65 Å². The van der Waals surface area contributed by atoms with Crippen LogP contribution < -0.4 is 20.7 Å². The number of fused-ring (bicyclic) bond motifs is 1. The number of anilines is 3. The van der Waals surface area contributed by atoms with Crippen LogP contribution in [0.3, 0.4) is 0 Å². The number of aryl methyl sites for hydroxylation is 1. The van der Waals surface area contributed by atoms with Gasteiger partial charge in [-0.25, -0.2) is 13.9 Å².